The van der Waals surface area contributed by atoms with Gasteiger partial charge in [0, 0.05) is 23.6 Å². The number of carbonyl (C=O) groups is 2. The van der Waals surface area contributed by atoms with Crippen molar-refractivity contribution in [1.29, 1.82) is 0 Å². The smallest absolute Gasteiger partial charge is 0.254 e. The number of rotatable bonds is 8. The molecule has 0 aliphatic carbocycles. The summed E-state index contributed by atoms with van der Waals surface area (Å²) >= 11 is 0. The summed E-state index contributed by atoms with van der Waals surface area (Å²) in [6, 6.07) is 15.0. The minimum Gasteiger partial charge on any atom is -0.454 e. The Hall–Kier alpha value is -3.81. The molecule has 1 aliphatic rings. The fraction of sp³-hybridized carbons (Fsp3) is 0.393. The van der Waals surface area contributed by atoms with Crippen molar-refractivity contribution in [2.75, 3.05) is 25.2 Å². The van der Waals surface area contributed by atoms with Crippen LogP contribution in [0.5, 0.6) is 11.5 Å². The molecule has 2 aromatic carbocycles. The van der Waals surface area contributed by atoms with Gasteiger partial charge in [-0.1, -0.05) is 51.8 Å². The van der Waals surface area contributed by atoms with E-state index in [0.29, 0.717) is 29.4 Å². The lowest BCUT2D eigenvalue weighted by atomic mass is 9.92. The van der Waals surface area contributed by atoms with Gasteiger partial charge in [0.15, 0.2) is 11.5 Å². The van der Waals surface area contributed by atoms with Crippen molar-refractivity contribution in [2.45, 2.75) is 52.9 Å². The highest BCUT2D eigenvalue weighted by Crippen LogP contribution is 2.33. The zero-order chi connectivity index (χ0) is 25.9. The van der Waals surface area contributed by atoms with Crippen LogP contribution in [0.4, 0.5) is 5.82 Å². The van der Waals surface area contributed by atoms with Gasteiger partial charge in [0.2, 0.25) is 12.7 Å². The average Bonchev–Trinajstić information content (AvgIpc) is 3.48. The minimum absolute atomic E-state index is 0.0722. The summed E-state index contributed by atoms with van der Waals surface area (Å²) in [6.07, 6.45) is 1.70. The molecule has 0 bridgehead atoms. The molecule has 0 atom stereocenters. The topological polar surface area (TPSA) is 85.7 Å². The summed E-state index contributed by atoms with van der Waals surface area (Å²) in [4.78, 5) is 28.1. The second-order valence-corrected chi connectivity index (χ2v) is 10.1. The summed E-state index contributed by atoms with van der Waals surface area (Å²) in [7, 11) is 0. The fourth-order valence-corrected chi connectivity index (χ4v) is 3.89. The minimum atomic E-state index is -0.283. The number of unbranched alkanes of at least 4 members (excludes halogenated alkanes) is 1. The molecule has 2 amide bonds. The predicted molar refractivity (Wildman–Crippen MR) is 139 cm³/mol. The van der Waals surface area contributed by atoms with Crippen LogP contribution in [-0.2, 0) is 10.2 Å². The third-order valence-corrected chi connectivity index (χ3v) is 6.05. The molecule has 0 spiro atoms. The molecule has 3 aromatic rings. The summed E-state index contributed by atoms with van der Waals surface area (Å²) in [5.74, 6) is 1.22. The second-order valence-electron chi connectivity index (χ2n) is 10.1. The first-order valence-electron chi connectivity index (χ1n) is 12.3. The monoisotopic (exact) mass is 490 g/mol. The van der Waals surface area contributed by atoms with Crippen LogP contribution in [0.15, 0.2) is 48.5 Å². The maximum atomic E-state index is 13.3. The van der Waals surface area contributed by atoms with Crippen LogP contribution in [-0.4, -0.2) is 46.4 Å². The predicted octanol–water partition coefficient (Wildman–Crippen LogP) is 5.09. The molecule has 190 valence electrons. The van der Waals surface area contributed by atoms with Crippen molar-refractivity contribution in [1.82, 2.24) is 14.7 Å². The number of nitrogens with zero attached hydrogens (tertiary/aromatic N) is 3. The van der Waals surface area contributed by atoms with Gasteiger partial charge in [-0.3, -0.25) is 9.59 Å². The Morgan fingerprint density at radius 3 is 2.47 bits per heavy atom. The van der Waals surface area contributed by atoms with Crippen LogP contribution < -0.4 is 14.8 Å². The van der Waals surface area contributed by atoms with E-state index < -0.39 is 0 Å². The van der Waals surface area contributed by atoms with Gasteiger partial charge in [0.1, 0.15) is 12.4 Å². The number of ether oxygens (including phenoxy) is 2. The SMILES string of the molecule is CCCCN(CC(=O)Nc1cc(C(C)(C)C)nn1-c1ccc(C)cc1)C(=O)c1ccc2c(c1)OCO2. The third-order valence-electron chi connectivity index (χ3n) is 6.05. The summed E-state index contributed by atoms with van der Waals surface area (Å²) in [6.45, 7) is 10.9. The Labute approximate surface area is 212 Å². The second kappa shape index (κ2) is 10.4. The highest BCUT2D eigenvalue weighted by molar-refractivity contribution is 5.99. The molecular weight excluding hydrogens is 456 g/mol. The highest BCUT2D eigenvalue weighted by Gasteiger charge is 2.24. The van der Waals surface area contributed by atoms with Crippen LogP contribution in [0.3, 0.4) is 0 Å². The molecule has 8 nitrogen and oxygen atoms in total. The Kier molecular flexibility index (Phi) is 7.33. The average molecular weight is 491 g/mol. The van der Waals surface area contributed by atoms with Gasteiger partial charge in [-0.05, 0) is 43.7 Å². The maximum Gasteiger partial charge on any atom is 0.254 e. The van der Waals surface area contributed by atoms with Gasteiger partial charge in [-0.2, -0.15) is 5.10 Å². The zero-order valence-corrected chi connectivity index (χ0v) is 21.6. The molecule has 1 N–H and O–H groups in total. The molecule has 0 radical (unpaired) electrons. The Bertz CT molecular complexity index is 1240. The molecule has 0 saturated heterocycles. The number of hydrogen-bond acceptors (Lipinski definition) is 5. The lowest BCUT2D eigenvalue weighted by Gasteiger charge is -2.22. The third kappa shape index (κ3) is 5.70. The normalized spacial score (nSPS) is 12.5. The largest absolute Gasteiger partial charge is 0.454 e. The summed E-state index contributed by atoms with van der Waals surface area (Å²) < 4.78 is 12.5. The van der Waals surface area contributed by atoms with Crippen LogP contribution in [0.25, 0.3) is 5.69 Å². The van der Waals surface area contributed by atoms with Gasteiger partial charge in [0.25, 0.3) is 5.91 Å². The maximum absolute atomic E-state index is 13.3. The molecule has 0 unspecified atom stereocenters. The lowest BCUT2D eigenvalue weighted by Crippen LogP contribution is -2.39. The van der Waals surface area contributed by atoms with Crippen molar-refractivity contribution in [3.8, 4) is 17.2 Å². The van der Waals surface area contributed by atoms with E-state index in [1.165, 1.54) is 0 Å². The number of hydrogen-bond donors (Lipinski definition) is 1. The summed E-state index contributed by atoms with van der Waals surface area (Å²) in [5, 5.41) is 7.77. The lowest BCUT2D eigenvalue weighted by molar-refractivity contribution is -0.117. The molecule has 1 aromatic heterocycles. The van der Waals surface area contributed by atoms with Gasteiger partial charge >= 0.3 is 0 Å². The van der Waals surface area contributed by atoms with E-state index in [4.69, 9.17) is 14.6 Å². The summed E-state index contributed by atoms with van der Waals surface area (Å²) in [5.41, 5.74) is 3.12. The van der Waals surface area contributed by atoms with E-state index in [1.54, 1.807) is 27.8 Å². The molecule has 0 saturated carbocycles. The van der Waals surface area contributed by atoms with Crippen molar-refractivity contribution >= 4 is 17.6 Å². The fourth-order valence-electron chi connectivity index (χ4n) is 3.89. The van der Waals surface area contributed by atoms with Gasteiger partial charge < -0.3 is 19.7 Å². The molecule has 0 fully saturated rings. The van der Waals surface area contributed by atoms with Crippen molar-refractivity contribution < 1.29 is 19.1 Å². The van der Waals surface area contributed by atoms with Crippen molar-refractivity contribution in [2.24, 2.45) is 0 Å². The van der Waals surface area contributed by atoms with E-state index in [-0.39, 0.29) is 30.6 Å². The van der Waals surface area contributed by atoms with Crippen LogP contribution in [0.2, 0.25) is 0 Å². The van der Waals surface area contributed by atoms with Crippen LogP contribution >= 0.6 is 0 Å². The number of carbonyl (C=O) groups excluding carboxylic acids is 2. The number of amides is 2. The van der Waals surface area contributed by atoms with Gasteiger partial charge in [0.05, 0.1) is 11.4 Å². The molecule has 36 heavy (non-hydrogen) atoms. The van der Waals surface area contributed by atoms with E-state index >= 15 is 0 Å². The highest BCUT2D eigenvalue weighted by atomic mass is 16.7. The molecule has 8 heteroatoms. The number of benzene rings is 2. The molecule has 4 rings (SSSR count). The number of aromatic nitrogens is 2. The number of fused-ring (bicyclic) bond motifs is 1. The van der Waals surface area contributed by atoms with Crippen molar-refractivity contribution in [3.05, 3.63) is 65.4 Å². The quantitative estimate of drug-likeness (QED) is 0.476. The Morgan fingerprint density at radius 1 is 1.06 bits per heavy atom. The van der Waals surface area contributed by atoms with E-state index in [9.17, 15) is 9.59 Å². The number of aryl methyl sites for hydroxylation is 1. The van der Waals surface area contributed by atoms with E-state index in [2.05, 4.69) is 33.0 Å². The zero-order valence-electron chi connectivity index (χ0n) is 21.6. The number of nitrogens with one attached hydrogen (secondary N) is 1. The molecular formula is C28H34N4O4. The Balaban J connectivity index is 1.56. The van der Waals surface area contributed by atoms with Crippen LogP contribution in [0, 0.1) is 6.92 Å². The van der Waals surface area contributed by atoms with Gasteiger partial charge in [-0.15, -0.1) is 0 Å². The van der Waals surface area contributed by atoms with E-state index in [0.717, 1.165) is 29.8 Å². The molecule has 1 aliphatic heterocycles. The first kappa shape index (κ1) is 25.3. The van der Waals surface area contributed by atoms with E-state index in [1.807, 2.05) is 37.3 Å². The van der Waals surface area contributed by atoms with Gasteiger partial charge in [-0.25, -0.2) is 4.68 Å². The first-order valence-corrected chi connectivity index (χ1v) is 12.3. The Morgan fingerprint density at radius 2 is 1.78 bits per heavy atom. The number of anilines is 1. The van der Waals surface area contributed by atoms with Crippen LogP contribution in [0.1, 0.15) is 62.2 Å². The molecule has 2 heterocycles. The van der Waals surface area contributed by atoms with Crippen molar-refractivity contribution in [3.63, 3.8) is 0 Å². The first-order chi connectivity index (χ1) is 17.2. The standard InChI is InChI=1S/C28H34N4O4/c1-6-7-14-31(27(34)20-10-13-22-23(15-20)36-18-35-22)17-26(33)29-25-16-24(28(3,4)5)30-32(25)21-11-8-19(2)9-12-21/h8-13,15-16H,6-7,14,17-18H2,1-5H3,(H,29,33).